The fourth-order valence-electron chi connectivity index (χ4n) is 4.52. The normalized spacial score (nSPS) is 25.6. The largest absolute Gasteiger partial charge is 0.374 e. The first kappa shape index (κ1) is 19.5. The quantitative estimate of drug-likeness (QED) is 0.684. The average Bonchev–Trinajstić information content (AvgIpc) is 3.28. The van der Waals surface area contributed by atoms with E-state index in [2.05, 4.69) is 23.8 Å². The Morgan fingerprint density at radius 2 is 2.00 bits per heavy atom. The molecule has 1 unspecified atom stereocenters. The van der Waals surface area contributed by atoms with Gasteiger partial charge >= 0.3 is 0 Å². The van der Waals surface area contributed by atoms with Crippen LogP contribution in [0.3, 0.4) is 0 Å². The minimum absolute atomic E-state index is 0.0655. The lowest BCUT2D eigenvalue weighted by Crippen LogP contribution is -2.43. The van der Waals surface area contributed by atoms with Crippen molar-refractivity contribution in [1.82, 2.24) is 5.32 Å². The zero-order valence-electron chi connectivity index (χ0n) is 15.7. The molecule has 2 heterocycles. The number of likely N-dealkylation sites (N-methyl/N-ethyl adjacent to an activating group) is 1. The van der Waals surface area contributed by atoms with Gasteiger partial charge in [0.25, 0.3) is 0 Å². The maximum absolute atomic E-state index is 14.5. The fourth-order valence-corrected chi connectivity index (χ4v) is 4.90. The highest BCUT2D eigenvalue weighted by Crippen LogP contribution is 2.57. The Kier molecular flexibility index (Phi) is 4.60. The van der Waals surface area contributed by atoms with Gasteiger partial charge in [0.1, 0.15) is 5.83 Å². The number of nitrogens with zero attached hydrogens (tertiary/aromatic N) is 1. The van der Waals surface area contributed by atoms with Crippen molar-refractivity contribution in [3.63, 3.8) is 0 Å². The third-order valence-corrected chi connectivity index (χ3v) is 6.79. The van der Waals surface area contributed by atoms with Gasteiger partial charge in [-0.2, -0.15) is 0 Å². The second kappa shape index (κ2) is 6.61. The summed E-state index contributed by atoms with van der Waals surface area (Å²) in [6.07, 6.45) is 2.39. The smallest absolute Gasteiger partial charge is 0.237 e. The van der Waals surface area contributed by atoms with Crippen LogP contribution in [0.2, 0.25) is 0 Å². The average molecular weight is 422 g/mol. The minimum atomic E-state index is -0.812. The summed E-state index contributed by atoms with van der Waals surface area (Å²) in [4.78, 5) is 14.3. The van der Waals surface area contributed by atoms with E-state index in [1.54, 1.807) is 11.9 Å². The van der Waals surface area contributed by atoms with Crippen molar-refractivity contribution in [2.75, 3.05) is 30.4 Å². The Labute approximate surface area is 174 Å². The van der Waals surface area contributed by atoms with Gasteiger partial charge < -0.3 is 15.5 Å². The molecule has 2 fully saturated rings. The molecule has 1 amide bonds. The maximum Gasteiger partial charge on any atom is 0.237 e. The van der Waals surface area contributed by atoms with Crippen LogP contribution in [0, 0.1) is 0 Å². The van der Waals surface area contributed by atoms with E-state index in [4.69, 9.17) is 23.2 Å². The summed E-state index contributed by atoms with van der Waals surface area (Å²) >= 11 is 12.3. The molecular weight excluding hydrogens is 400 g/mol. The summed E-state index contributed by atoms with van der Waals surface area (Å²) in [6, 6.07) is 5.88. The fraction of sp³-hybridized carbons (Fsp3) is 0.381. The number of anilines is 2. The molecule has 1 atom stereocenters. The molecule has 1 aromatic carbocycles. The Balaban J connectivity index is 1.75. The van der Waals surface area contributed by atoms with Crippen LogP contribution in [0.5, 0.6) is 0 Å². The van der Waals surface area contributed by atoms with Crippen molar-refractivity contribution in [2.24, 2.45) is 0 Å². The van der Waals surface area contributed by atoms with Gasteiger partial charge in [-0.25, -0.2) is 4.39 Å². The first-order valence-corrected chi connectivity index (χ1v) is 9.99. The summed E-state index contributed by atoms with van der Waals surface area (Å²) in [5, 5.41) is 6.83. The maximum atomic E-state index is 14.5. The lowest BCUT2D eigenvalue weighted by molar-refractivity contribution is -0.119. The molecule has 1 saturated carbocycles. The number of hydrogen-bond donors (Lipinski definition) is 2. The molecule has 2 N–H and O–H groups in total. The monoisotopic (exact) mass is 421 g/mol. The predicted octanol–water partition coefficient (Wildman–Crippen LogP) is 4.57. The standard InChI is InChI=1S/C21H22Cl2FN3O/c1-12(22)18(23)17(13(2)24)21(8-9-25-11-21)26-14-4-5-15-16(10-14)27(3)19(28)20(15)6-7-20/h4-5,10,25-26H,1-2,6-9,11H2,3H3/b18-17-. The van der Waals surface area contributed by atoms with Crippen LogP contribution >= 0.6 is 23.2 Å². The van der Waals surface area contributed by atoms with Crippen LogP contribution in [0.25, 0.3) is 0 Å². The van der Waals surface area contributed by atoms with Crippen molar-refractivity contribution in [1.29, 1.82) is 0 Å². The van der Waals surface area contributed by atoms with E-state index >= 15 is 0 Å². The highest BCUT2D eigenvalue weighted by molar-refractivity contribution is 6.44. The van der Waals surface area contributed by atoms with Crippen molar-refractivity contribution >= 4 is 40.5 Å². The number of halogens is 3. The Hall–Kier alpha value is -1.82. The molecule has 1 spiro atoms. The summed E-state index contributed by atoms with van der Waals surface area (Å²) in [5.74, 6) is -0.496. The number of allylic oxidation sites excluding steroid dienone is 2. The number of carbonyl (C=O) groups excluding carboxylic acids is 1. The van der Waals surface area contributed by atoms with Crippen LogP contribution < -0.4 is 15.5 Å². The Bertz CT molecular complexity index is 930. The van der Waals surface area contributed by atoms with Crippen LogP contribution in [0.1, 0.15) is 24.8 Å². The van der Waals surface area contributed by atoms with Gasteiger partial charge in [-0.1, -0.05) is 42.4 Å². The van der Waals surface area contributed by atoms with Crippen molar-refractivity contribution in [3.05, 3.63) is 58.4 Å². The molecule has 1 aliphatic carbocycles. The second-order valence-corrected chi connectivity index (χ2v) is 8.65. The van der Waals surface area contributed by atoms with E-state index < -0.39 is 11.4 Å². The molecule has 4 rings (SSSR count). The van der Waals surface area contributed by atoms with E-state index in [-0.39, 0.29) is 27.0 Å². The zero-order chi connectivity index (χ0) is 20.3. The summed E-state index contributed by atoms with van der Waals surface area (Å²) in [5.41, 5.74) is 1.82. The molecular formula is C21H22Cl2FN3O. The van der Waals surface area contributed by atoms with E-state index in [9.17, 15) is 9.18 Å². The van der Waals surface area contributed by atoms with Crippen LogP contribution in [-0.2, 0) is 10.2 Å². The summed E-state index contributed by atoms with van der Waals surface area (Å²) in [6.45, 7) is 8.25. The van der Waals surface area contributed by atoms with E-state index in [0.29, 0.717) is 19.5 Å². The molecule has 0 bridgehead atoms. The molecule has 3 aliphatic rings. The Morgan fingerprint density at radius 3 is 2.54 bits per heavy atom. The van der Waals surface area contributed by atoms with Gasteiger partial charge in [0.15, 0.2) is 0 Å². The molecule has 1 saturated heterocycles. The van der Waals surface area contributed by atoms with Crippen LogP contribution in [0.15, 0.2) is 52.8 Å². The topological polar surface area (TPSA) is 44.4 Å². The third kappa shape index (κ3) is 2.79. The van der Waals surface area contributed by atoms with Gasteiger partial charge in [-0.3, -0.25) is 4.79 Å². The van der Waals surface area contributed by atoms with Crippen LogP contribution in [-0.4, -0.2) is 31.6 Å². The second-order valence-electron chi connectivity index (χ2n) is 7.81. The van der Waals surface area contributed by atoms with Gasteiger partial charge in [0, 0.05) is 30.5 Å². The minimum Gasteiger partial charge on any atom is -0.374 e. The number of nitrogens with one attached hydrogen (secondary N) is 2. The van der Waals surface area contributed by atoms with E-state index in [1.807, 2.05) is 18.2 Å². The van der Waals surface area contributed by atoms with Crippen LogP contribution in [0.4, 0.5) is 15.8 Å². The van der Waals surface area contributed by atoms with E-state index in [1.165, 1.54) is 0 Å². The summed E-state index contributed by atoms with van der Waals surface area (Å²) < 4.78 is 14.5. The highest BCUT2D eigenvalue weighted by Gasteiger charge is 2.58. The van der Waals surface area contributed by atoms with E-state index in [0.717, 1.165) is 29.8 Å². The number of carbonyl (C=O) groups is 1. The molecule has 7 heteroatoms. The molecule has 28 heavy (non-hydrogen) atoms. The molecule has 1 aromatic rings. The number of rotatable bonds is 5. The number of benzene rings is 1. The zero-order valence-corrected chi connectivity index (χ0v) is 17.2. The number of amides is 1. The summed E-state index contributed by atoms with van der Waals surface area (Å²) in [7, 11) is 1.80. The van der Waals surface area contributed by atoms with Crippen molar-refractivity contribution in [2.45, 2.75) is 30.2 Å². The van der Waals surface area contributed by atoms with Gasteiger partial charge in [0.05, 0.1) is 21.0 Å². The first-order chi connectivity index (χ1) is 13.2. The molecule has 0 radical (unpaired) electrons. The highest BCUT2D eigenvalue weighted by atomic mass is 35.5. The predicted molar refractivity (Wildman–Crippen MR) is 113 cm³/mol. The molecule has 4 nitrogen and oxygen atoms in total. The van der Waals surface area contributed by atoms with Gasteiger partial charge in [-0.05, 0) is 43.5 Å². The molecule has 148 valence electrons. The molecule has 0 aromatic heterocycles. The van der Waals surface area contributed by atoms with Gasteiger partial charge in [-0.15, -0.1) is 0 Å². The number of fused-ring (bicyclic) bond motifs is 2. The SMILES string of the molecule is C=C(Cl)/C(Cl)=C(\C(=C)F)C1(Nc2ccc3c(c2)N(C)C(=O)C32CC2)CCNC1. The lowest BCUT2D eigenvalue weighted by Gasteiger charge is -2.34. The van der Waals surface area contributed by atoms with Crippen molar-refractivity contribution < 1.29 is 9.18 Å². The lowest BCUT2D eigenvalue weighted by atomic mass is 9.86. The first-order valence-electron chi connectivity index (χ1n) is 9.23. The number of hydrogen-bond acceptors (Lipinski definition) is 3. The third-order valence-electron chi connectivity index (χ3n) is 6.09. The Morgan fingerprint density at radius 1 is 1.29 bits per heavy atom. The van der Waals surface area contributed by atoms with Crippen molar-refractivity contribution in [3.8, 4) is 0 Å². The molecule has 2 aliphatic heterocycles. The van der Waals surface area contributed by atoms with Gasteiger partial charge in [0.2, 0.25) is 5.91 Å².